The van der Waals surface area contributed by atoms with Crippen molar-refractivity contribution in [3.63, 3.8) is 0 Å². The average Bonchev–Trinajstić information content (AvgIpc) is 2.26. The molecule has 3 N–H and O–H groups in total. The molecule has 0 saturated carbocycles. The third kappa shape index (κ3) is 5.87. The van der Waals surface area contributed by atoms with E-state index in [0.717, 1.165) is 12.8 Å². The van der Waals surface area contributed by atoms with Crippen LogP contribution in [0.3, 0.4) is 0 Å². The van der Waals surface area contributed by atoms with Gasteiger partial charge in [0.2, 0.25) is 5.91 Å². The molecule has 1 amide bonds. The molecule has 0 aliphatic carbocycles. The van der Waals surface area contributed by atoms with Gasteiger partial charge in [-0.25, -0.2) is 0 Å². The Morgan fingerprint density at radius 1 is 1.44 bits per heavy atom. The zero-order valence-electron chi connectivity index (χ0n) is 9.31. The third-order valence-corrected chi connectivity index (χ3v) is 2.69. The Labute approximate surface area is 101 Å². The van der Waals surface area contributed by atoms with Crippen molar-refractivity contribution in [3.05, 3.63) is 0 Å². The average molecular weight is 246 g/mol. The van der Waals surface area contributed by atoms with Gasteiger partial charge >= 0.3 is 0 Å². The third-order valence-electron chi connectivity index (χ3n) is 2.09. The van der Waals surface area contributed by atoms with Crippen LogP contribution in [0, 0.1) is 0 Å². The van der Waals surface area contributed by atoms with Crippen molar-refractivity contribution in [2.24, 2.45) is 5.73 Å². The van der Waals surface area contributed by atoms with E-state index in [4.69, 9.17) is 5.73 Å². The van der Waals surface area contributed by atoms with Gasteiger partial charge in [0, 0.05) is 0 Å². The molecule has 0 aromatic carbocycles. The van der Waals surface area contributed by atoms with Crippen molar-refractivity contribution in [2.75, 3.05) is 6.54 Å². The standard InChI is InChI=1S/C10H18N2O3S/c1-7(14)9(16)10(15)12-8(6-13)4-2-3-5-11/h6,8-9,16H,2-5,11H2,1H3,(H,12,15)/t8?,9-/m0/s1. The van der Waals surface area contributed by atoms with Crippen molar-refractivity contribution >= 4 is 30.6 Å². The second-order valence-corrected chi connectivity index (χ2v) is 4.07. The van der Waals surface area contributed by atoms with Gasteiger partial charge in [-0.1, -0.05) is 0 Å². The number of carbonyl (C=O) groups is 3. The number of ketones is 1. The maximum atomic E-state index is 11.4. The summed E-state index contributed by atoms with van der Waals surface area (Å²) in [5, 5.41) is 1.46. The molecule has 0 spiro atoms. The van der Waals surface area contributed by atoms with E-state index in [-0.39, 0.29) is 5.78 Å². The van der Waals surface area contributed by atoms with E-state index in [9.17, 15) is 14.4 Å². The molecule has 0 aliphatic heterocycles. The predicted molar refractivity (Wildman–Crippen MR) is 64.4 cm³/mol. The Morgan fingerprint density at radius 2 is 2.06 bits per heavy atom. The molecule has 1 unspecified atom stereocenters. The topological polar surface area (TPSA) is 89.3 Å². The number of carbonyl (C=O) groups excluding carboxylic acids is 3. The van der Waals surface area contributed by atoms with Crippen LogP contribution in [0.4, 0.5) is 0 Å². The number of nitrogens with two attached hydrogens (primary N) is 1. The highest BCUT2D eigenvalue weighted by molar-refractivity contribution is 7.82. The van der Waals surface area contributed by atoms with Crippen molar-refractivity contribution in [1.29, 1.82) is 0 Å². The minimum atomic E-state index is -1.00. The number of Topliss-reactive ketones (excluding diaryl/α,β-unsaturated/α-hetero) is 1. The van der Waals surface area contributed by atoms with Gasteiger partial charge in [-0.3, -0.25) is 9.59 Å². The molecule has 2 atom stereocenters. The molecule has 0 radical (unpaired) electrons. The minimum Gasteiger partial charge on any atom is -0.345 e. The molecular formula is C10H18N2O3S. The van der Waals surface area contributed by atoms with Crippen LogP contribution < -0.4 is 11.1 Å². The number of amides is 1. The summed E-state index contributed by atoms with van der Waals surface area (Å²) in [5.41, 5.74) is 5.31. The number of rotatable bonds is 8. The highest BCUT2D eigenvalue weighted by Crippen LogP contribution is 2.01. The second-order valence-electron chi connectivity index (χ2n) is 3.55. The minimum absolute atomic E-state index is 0.340. The molecule has 6 heteroatoms. The van der Waals surface area contributed by atoms with Gasteiger partial charge in [0.25, 0.3) is 0 Å². The van der Waals surface area contributed by atoms with Gasteiger partial charge in [-0.05, 0) is 32.7 Å². The summed E-state index contributed by atoms with van der Waals surface area (Å²) in [5.74, 6) is -0.867. The van der Waals surface area contributed by atoms with E-state index >= 15 is 0 Å². The molecule has 0 fully saturated rings. The number of hydrogen-bond donors (Lipinski definition) is 3. The van der Waals surface area contributed by atoms with Crippen molar-refractivity contribution < 1.29 is 14.4 Å². The first-order chi connectivity index (χ1) is 7.52. The Hall–Kier alpha value is -0.880. The van der Waals surface area contributed by atoms with Crippen LogP contribution in [0.25, 0.3) is 0 Å². The van der Waals surface area contributed by atoms with E-state index in [2.05, 4.69) is 17.9 Å². The lowest BCUT2D eigenvalue weighted by Crippen LogP contribution is -2.42. The fourth-order valence-electron chi connectivity index (χ4n) is 1.13. The Balaban J connectivity index is 4.06. The fraction of sp³-hybridized carbons (Fsp3) is 0.700. The number of thiol groups is 1. The summed E-state index contributed by atoms with van der Waals surface area (Å²) in [6.45, 7) is 1.84. The smallest absolute Gasteiger partial charge is 0.240 e. The molecule has 0 aromatic rings. The van der Waals surface area contributed by atoms with Crippen LogP contribution in [-0.4, -0.2) is 35.8 Å². The van der Waals surface area contributed by atoms with Crippen molar-refractivity contribution in [1.82, 2.24) is 5.32 Å². The molecular weight excluding hydrogens is 228 g/mol. The molecule has 92 valence electrons. The van der Waals surface area contributed by atoms with E-state index in [1.165, 1.54) is 6.92 Å². The van der Waals surface area contributed by atoms with Crippen LogP contribution in [0.15, 0.2) is 0 Å². The maximum absolute atomic E-state index is 11.4. The Kier molecular flexibility index (Phi) is 7.84. The summed E-state index contributed by atoms with van der Waals surface area (Å²) >= 11 is 3.85. The highest BCUT2D eigenvalue weighted by Gasteiger charge is 2.21. The molecule has 0 heterocycles. The Morgan fingerprint density at radius 3 is 2.50 bits per heavy atom. The zero-order chi connectivity index (χ0) is 12.6. The first-order valence-electron chi connectivity index (χ1n) is 5.17. The summed E-state index contributed by atoms with van der Waals surface area (Å²) < 4.78 is 0. The van der Waals surface area contributed by atoms with Crippen LogP contribution in [0.5, 0.6) is 0 Å². The normalized spacial score (nSPS) is 13.9. The summed E-state index contributed by atoms with van der Waals surface area (Å²) in [4.78, 5) is 32.9. The first kappa shape index (κ1) is 15.1. The molecule has 5 nitrogen and oxygen atoms in total. The lowest BCUT2D eigenvalue weighted by Gasteiger charge is -2.14. The largest absolute Gasteiger partial charge is 0.345 e. The fourth-order valence-corrected chi connectivity index (χ4v) is 1.20. The zero-order valence-corrected chi connectivity index (χ0v) is 10.2. The van der Waals surface area contributed by atoms with Crippen LogP contribution in [-0.2, 0) is 14.4 Å². The van der Waals surface area contributed by atoms with Gasteiger partial charge in [0.15, 0.2) is 5.78 Å². The molecule has 0 aromatic heterocycles. The van der Waals surface area contributed by atoms with Gasteiger partial charge in [0.1, 0.15) is 11.5 Å². The number of hydrogen-bond acceptors (Lipinski definition) is 5. The van der Waals surface area contributed by atoms with Gasteiger partial charge in [0.05, 0.1) is 6.04 Å². The number of unbranched alkanes of at least 4 members (excludes halogenated alkanes) is 1. The van der Waals surface area contributed by atoms with E-state index in [1.807, 2.05) is 0 Å². The molecule has 0 bridgehead atoms. The monoisotopic (exact) mass is 246 g/mol. The lowest BCUT2D eigenvalue weighted by atomic mass is 10.1. The van der Waals surface area contributed by atoms with Crippen LogP contribution in [0.1, 0.15) is 26.2 Å². The van der Waals surface area contributed by atoms with Gasteiger partial charge in [-0.15, -0.1) is 0 Å². The summed E-state index contributed by atoms with van der Waals surface area (Å²) in [6.07, 6.45) is 2.76. The van der Waals surface area contributed by atoms with Gasteiger partial charge < -0.3 is 15.8 Å². The van der Waals surface area contributed by atoms with E-state index in [0.29, 0.717) is 19.3 Å². The predicted octanol–water partition coefficient (Wildman–Crippen LogP) is -0.313. The molecule has 0 rings (SSSR count). The van der Waals surface area contributed by atoms with Crippen LogP contribution in [0.2, 0.25) is 0 Å². The lowest BCUT2D eigenvalue weighted by molar-refractivity contribution is -0.128. The first-order valence-corrected chi connectivity index (χ1v) is 5.68. The van der Waals surface area contributed by atoms with E-state index in [1.54, 1.807) is 0 Å². The quantitative estimate of drug-likeness (QED) is 0.237. The van der Waals surface area contributed by atoms with Crippen molar-refractivity contribution in [3.8, 4) is 0 Å². The number of aldehydes is 1. The summed E-state index contributed by atoms with van der Waals surface area (Å²) in [6, 6.07) is -0.562. The van der Waals surface area contributed by atoms with Crippen molar-refractivity contribution in [2.45, 2.75) is 37.5 Å². The highest BCUT2D eigenvalue weighted by atomic mass is 32.1. The molecule has 16 heavy (non-hydrogen) atoms. The Bertz CT molecular complexity index is 258. The van der Waals surface area contributed by atoms with E-state index < -0.39 is 17.2 Å². The SMILES string of the molecule is CC(=O)[C@H](S)C(=O)NC(C=O)CCCCN. The van der Waals surface area contributed by atoms with Gasteiger partial charge in [-0.2, -0.15) is 12.6 Å². The molecule has 0 saturated heterocycles. The van der Waals surface area contributed by atoms with Crippen LogP contribution >= 0.6 is 12.6 Å². The number of nitrogens with one attached hydrogen (secondary N) is 1. The maximum Gasteiger partial charge on any atom is 0.240 e. The summed E-state index contributed by atoms with van der Waals surface area (Å²) in [7, 11) is 0. The second kappa shape index (κ2) is 8.29. The molecule has 0 aliphatic rings.